The van der Waals surface area contributed by atoms with E-state index in [1.807, 2.05) is 12.1 Å². The molecule has 0 fully saturated rings. The molecule has 0 aliphatic rings. The van der Waals surface area contributed by atoms with Crippen LogP contribution in [0.5, 0.6) is 0 Å². The van der Waals surface area contributed by atoms with Crippen LogP contribution in [0.25, 0.3) is 11.0 Å². The zero-order chi connectivity index (χ0) is 13.2. The van der Waals surface area contributed by atoms with Crippen LogP contribution in [0.2, 0.25) is 0 Å². The van der Waals surface area contributed by atoms with Crippen molar-refractivity contribution in [1.29, 1.82) is 0 Å². The standard InChI is InChI=1S/C12H17N5O/c1-12(2,3)7-13-11(18)14-8-5-4-6-9-10(8)16-17-15-9/h4-6H,7H2,1-3H3,(H2,13,14,18)(H,15,16,17). The number of nitrogens with one attached hydrogen (secondary N) is 3. The SMILES string of the molecule is CC(C)(C)CNC(=O)Nc1cccc2n[nH]nc12. The third kappa shape index (κ3) is 2.97. The molecule has 1 aromatic heterocycles. The number of carbonyl (C=O) groups is 1. The fourth-order valence-electron chi connectivity index (χ4n) is 1.48. The fraction of sp³-hybridized carbons (Fsp3) is 0.417. The first-order chi connectivity index (χ1) is 8.46. The Morgan fingerprint density at radius 3 is 2.83 bits per heavy atom. The molecule has 0 atom stereocenters. The van der Waals surface area contributed by atoms with Gasteiger partial charge in [0.05, 0.1) is 5.69 Å². The van der Waals surface area contributed by atoms with E-state index in [1.165, 1.54) is 0 Å². The largest absolute Gasteiger partial charge is 0.337 e. The molecule has 0 spiro atoms. The number of anilines is 1. The Hall–Kier alpha value is -2.11. The van der Waals surface area contributed by atoms with E-state index in [2.05, 4.69) is 46.8 Å². The van der Waals surface area contributed by atoms with E-state index in [0.717, 1.165) is 5.52 Å². The second kappa shape index (κ2) is 4.64. The second-order valence-electron chi connectivity index (χ2n) is 5.37. The van der Waals surface area contributed by atoms with Crippen molar-refractivity contribution >= 4 is 22.8 Å². The molecule has 1 heterocycles. The number of benzene rings is 1. The van der Waals surface area contributed by atoms with Crippen molar-refractivity contribution in [2.24, 2.45) is 5.41 Å². The van der Waals surface area contributed by atoms with Crippen molar-refractivity contribution in [3.8, 4) is 0 Å². The second-order valence-corrected chi connectivity index (χ2v) is 5.37. The molecule has 2 aromatic rings. The number of urea groups is 1. The Morgan fingerprint density at radius 1 is 1.33 bits per heavy atom. The van der Waals surface area contributed by atoms with Crippen molar-refractivity contribution in [1.82, 2.24) is 20.7 Å². The highest BCUT2D eigenvalue weighted by molar-refractivity contribution is 5.98. The number of aromatic amines is 1. The molecule has 0 aliphatic carbocycles. The van der Waals surface area contributed by atoms with Crippen molar-refractivity contribution in [2.45, 2.75) is 20.8 Å². The van der Waals surface area contributed by atoms with E-state index >= 15 is 0 Å². The normalized spacial score (nSPS) is 11.5. The lowest BCUT2D eigenvalue weighted by molar-refractivity contribution is 0.247. The van der Waals surface area contributed by atoms with Crippen molar-refractivity contribution in [3.63, 3.8) is 0 Å². The van der Waals surface area contributed by atoms with Crippen molar-refractivity contribution < 1.29 is 4.79 Å². The molecule has 2 rings (SSSR count). The van der Waals surface area contributed by atoms with Crippen LogP contribution in [0.4, 0.5) is 10.5 Å². The monoisotopic (exact) mass is 247 g/mol. The first-order valence-electron chi connectivity index (χ1n) is 5.80. The number of para-hydroxylation sites is 1. The summed E-state index contributed by atoms with van der Waals surface area (Å²) in [5, 5.41) is 16.1. The Balaban J connectivity index is 2.05. The molecule has 0 aliphatic heterocycles. The molecule has 6 heteroatoms. The summed E-state index contributed by atoms with van der Waals surface area (Å²) in [6, 6.07) is 5.21. The number of nitrogens with zero attached hydrogens (tertiary/aromatic N) is 2. The van der Waals surface area contributed by atoms with Gasteiger partial charge >= 0.3 is 6.03 Å². The maximum absolute atomic E-state index is 11.7. The van der Waals surface area contributed by atoms with E-state index in [1.54, 1.807) is 6.07 Å². The number of rotatable bonds is 2. The first-order valence-corrected chi connectivity index (χ1v) is 5.80. The quantitative estimate of drug-likeness (QED) is 0.760. The average Bonchev–Trinajstić information content (AvgIpc) is 2.74. The minimum atomic E-state index is -0.236. The minimum absolute atomic E-state index is 0.0528. The van der Waals surface area contributed by atoms with Gasteiger partial charge in [-0.3, -0.25) is 0 Å². The highest BCUT2D eigenvalue weighted by Crippen LogP contribution is 2.18. The molecule has 1 aromatic carbocycles. The molecule has 6 nitrogen and oxygen atoms in total. The van der Waals surface area contributed by atoms with E-state index in [4.69, 9.17) is 0 Å². The summed E-state index contributed by atoms with van der Waals surface area (Å²) in [6.07, 6.45) is 0. The van der Waals surface area contributed by atoms with Crippen LogP contribution in [0, 0.1) is 5.41 Å². The number of carbonyl (C=O) groups excluding carboxylic acids is 1. The number of hydrogen-bond donors (Lipinski definition) is 3. The van der Waals surface area contributed by atoms with Gasteiger partial charge in [-0.1, -0.05) is 26.8 Å². The van der Waals surface area contributed by atoms with Gasteiger partial charge in [0.1, 0.15) is 11.0 Å². The highest BCUT2D eigenvalue weighted by atomic mass is 16.2. The van der Waals surface area contributed by atoms with Crippen LogP contribution < -0.4 is 10.6 Å². The van der Waals surface area contributed by atoms with Crippen LogP contribution in [-0.4, -0.2) is 28.0 Å². The van der Waals surface area contributed by atoms with Gasteiger partial charge in [-0.05, 0) is 17.5 Å². The summed E-state index contributed by atoms with van der Waals surface area (Å²) < 4.78 is 0. The van der Waals surface area contributed by atoms with E-state index in [0.29, 0.717) is 17.7 Å². The topological polar surface area (TPSA) is 82.7 Å². The third-order valence-electron chi connectivity index (χ3n) is 2.37. The van der Waals surface area contributed by atoms with Gasteiger partial charge in [-0.25, -0.2) is 4.79 Å². The summed E-state index contributed by atoms with van der Waals surface area (Å²) in [4.78, 5) is 11.7. The zero-order valence-electron chi connectivity index (χ0n) is 10.7. The van der Waals surface area contributed by atoms with E-state index < -0.39 is 0 Å². The first kappa shape index (κ1) is 12.3. The van der Waals surface area contributed by atoms with Crippen LogP contribution in [0.1, 0.15) is 20.8 Å². The zero-order valence-corrected chi connectivity index (χ0v) is 10.7. The molecule has 0 radical (unpaired) electrons. The summed E-state index contributed by atoms with van der Waals surface area (Å²) in [7, 11) is 0. The maximum atomic E-state index is 11.7. The summed E-state index contributed by atoms with van der Waals surface area (Å²) >= 11 is 0. The molecule has 3 N–H and O–H groups in total. The van der Waals surface area contributed by atoms with Crippen LogP contribution in [-0.2, 0) is 0 Å². The van der Waals surface area contributed by atoms with Crippen LogP contribution >= 0.6 is 0 Å². The van der Waals surface area contributed by atoms with Gasteiger partial charge in [0.2, 0.25) is 0 Å². The molecule has 0 unspecified atom stereocenters. The summed E-state index contributed by atoms with van der Waals surface area (Å²) in [6.45, 7) is 6.79. The van der Waals surface area contributed by atoms with Gasteiger partial charge in [0.15, 0.2) is 0 Å². The van der Waals surface area contributed by atoms with Gasteiger partial charge in [0.25, 0.3) is 0 Å². The van der Waals surface area contributed by atoms with Gasteiger partial charge in [-0.2, -0.15) is 15.4 Å². The number of H-pyrrole nitrogens is 1. The van der Waals surface area contributed by atoms with E-state index in [-0.39, 0.29) is 11.4 Å². The smallest absolute Gasteiger partial charge is 0.319 e. The Bertz CT molecular complexity index is 555. The lowest BCUT2D eigenvalue weighted by Crippen LogP contribution is -2.35. The van der Waals surface area contributed by atoms with Gasteiger partial charge in [0, 0.05) is 6.54 Å². The molecule has 0 saturated carbocycles. The summed E-state index contributed by atoms with van der Waals surface area (Å²) in [5.74, 6) is 0. The van der Waals surface area contributed by atoms with Crippen molar-refractivity contribution in [2.75, 3.05) is 11.9 Å². The molecule has 0 bridgehead atoms. The lowest BCUT2D eigenvalue weighted by atomic mass is 9.97. The third-order valence-corrected chi connectivity index (χ3v) is 2.37. The number of aromatic nitrogens is 3. The average molecular weight is 247 g/mol. The Labute approximate surface area is 105 Å². The van der Waals surface area contributed by atoms with Crippen LogP contribution in [0.15, 0.2) is 18.2 Å². The molecule has 96 valence electrons. The van der Waals surface area contributed by atoms with Gasteiger partial charge < -0.3 is 10.6 Å². The molecular formula is C12H17N5O. The van der Waals surface area contributed by atoms with Gasteiger partial charge in [-0.15, -0.1) is 0 Å². The predicted molar refractivity (Wildman–Crippen MR) is 70.4 cm³/mol. The summed E-state index contributed by atoms with van der Waals surface area (Å²) in [5.41, 5.74) is 2.08. The molecule has 2 amide bonds. The van der Waals surface area contributed by atoms with E-state index in [9.17, 15) is 4.79 Å². The van der Waals surface area contributed by atoms with Crippen molar-refractivity contribution in [3.05, 3.63) is 18.2 Å². The molecular weight excluding hydrogens is 230 g/mol. The maximum Gasteiger partial charge on any atom is 0.319 e. The predicted octanol–water partition coefficient (Wildman–Crippen LogP) is 2.13. The minimum Gasteiger partial charge on any atom is -0.337 e. The highest BCUT2D eigenvalue weighted by Gasteiger charge is 2.13. The van der Waals surface area contributed by atoms with Crippen LogP contribution in [0.3, 0.4) is 0 Å². The Kier molecular flexibility index (Phi) is 3.18. The number of fused-ring (bicyclic) bond motifs is 1. The number of hydrogen-bond acceptors (Lipinski definition) is 3. The molecule has 0 saturated heterocycles. The lowest BCUT2D eigenvalue weighted by Gasteiger charge is -2.18. The Morgan fingerprint density at radius 2 is 2.11 bits per heavy atom. The fourth-order valence-corrected chi connectivity index (χ4v) is 1.48. The molecule has 18 heavy (non-hydrogen) atoms. The number of amides is 2.